The van der Waals surface area contributed by atoms with E-state index in [2.05, 4.69) is 27.7 Å². The lowest BCUT2D eigenvalue weighted by molar-refractivity contribution is 0.0243. The number of hydrogen-bond donors (Lipinski definition) is 1. The fourth-order valence-corrected chi connectivity index (χ4v) is 4.69. The highest BCUT2D eigenvalue weighted by molar-refractivity contribution is 8.00. The number of rotatable bonds is 2. The van der Waals surface area contributed by atoms with Crippen LogP contribution >= 0.6 is 11.8 Å². The van der Waals surface area contributed by atoms with Gasteiger partial charge in [-0.25, -0.2) is 0 Å². The Labute approximate surface area is 98.0 Å². The highest BCUT2D eigenvalue weighted by atomic mass is 32.2. The van der Waals surface area contributed by atoms with E-state index in [9.17, 15) is 5.11 Å². The first-order valence-corrected chi connectivity index (χ1v) is 7.07. The molecule has 0 aromatic carbocycles. The lowest BCUT2D eigenvalue weighted by Gasteiger charge is -2.37. The second kappa shape index (κ2) is 3.40. The smallest absolute Gasteiger partial charge is 0.0741 e. The highest BCUT2D eigenvalue weighted by Gasteiger charge is 2.63. The van der Waals surface area contributed by atoms with Crippen molar-refractivity contribution in [2.24, 2.45) is 17.3 Å². The molecule has 88 valence electrons. The van der Waals surface area contributed by atoms with Crippen molar-refractivity contribution in [3.05, 3.63) is 0 Å². The third-order valence-electron chi connectivity index (χ3n) is 4.52. The molecule has 2 aliphatic carbocycles. The summed E-state index contributed by atoms with van der Waals surface area (Å²) >= 11 is 1.96. The topological polar surface area (TPSA) is 20.2 Å². The Hall–Kier alpha value is 0.310. The minimum absolute atomic E-state index is 0.441. The summed E-state index contributed by atoms with van der Waals surface area (Å²) in [6.07, 6.45) is 2.22. The van der Waals surface area contributed by atoms with Crippen LogP contribution in [0, 0.1) is 17.3 Å². The molecular weight excluding hydrogens is 204 g/mol. The van der Waals surface area contributed by atoms with Crippen LogP contribution in [0.3, 0.4) is 0 Å². The predicted octanol–water partition coefficient (Wildman–Crippen LogP) is 3.31. The van der Waals surface area contributed by atoms with Crippen molar-refractivity contribution in [3.8, 4) is 0 Å². The van der Waals surface area contributed by atoms with Gasteiger partial charge in [0.15, 0.2) is 0 Å². The Morgan fingerprint density at radius 3 is 2.33 bits per heavy atom. The van der Waals surface area contributed by atoms with Gasteiger partial charge in [-0.3, -0.25) is 0 Å². The normalized spacial score (nSPS) is 47.8. The van der Waals surface area contributed by atoms with Gasteiger partial charge in [0, 0.05) is 5.25 Å². The standard InChI is InChI=1S/C13H24OS/c1-8(2)15-11-6-9-10(12(9,3)4)7-13(11,5)14/h8-11,14H,6-7H2,1-5H3/t9-,10+,11+,13+/m1/s1. The van der Waals surface area contributed by atoms with Gasteiger partial charge in [-0.05, 0) is 42.3 Å². The second-order valence-corrected chi connectivity index (χ2v) is 8.29. The van der Waals surface area contributed by atoms with Crippen LogP contribution < -0.4 is 0 Å². The fourth-order valence-electron chi connectivity index (χ4n) is 3.32. The van der Waals surface area contributed by atoms with Crippen LogP contribution in [0.1, 0.15) is 47.5 Å². The highest BCUT2D eigenvalue weighted by Crippen LogP contribution is 2.67. The summed E-state index contributed by atoms with van der Waals surface area (Å²) < 4.78 is 0. The average molecular weight is 228 g/mol. The van der Waals surface area contributed by atoms with Gasteiger partial charge in [0.1, 0.15) is 0 Å². The van der Waals surface area contributed by atoms with Gasteiger partial charge < -0.3 is 5.11 Å². The fraction of sp³-hybridized carbons (Fsp3) is 1.00. The maximum absolute atomic E-state index is 10.5. The summed E-state index contributed by atoms with van der Waals surface area (Å²) in [5.41, 5.74) is 0.0557. The van der Waals surface area contributed by atoms with Gasteiger partial charge in [0.2, 0.25) is 0 Å². The van der Waals surface area contributed by atoms with Crippen LogP contribution in [0.4, 0.5) is 0 Å². The van der Waals surface area contributed by atoms with Gasteiger partial charge in [-0.2, -0.15) is 11.8 Å². The third kappa shape index (κ3) is 1.95. The average Bonchev–Trinajstić information content (AvgIpc) is 2.52. The molecule has 0 bridgehead atoms. The van der Waals surface area contributed by atoms with Gasteiger partial charge >= 0.3 is 0 Å². The van der Waals surface area contributed by atoms with E-state index in [1.807, 2.05) is 18.7 Å². The quantitative estimate of drug-likeness (QED) is 0.782. The van der Waals surface area contributed by atoms with E-state index >= 15 is 0 Å². The molecule has 0 amide bonds. The molecule has 2 heteroatoms. The minimum Gasteiger partial charge on any atom is -0.389 e. The Kier molecular flexibility index (Phi) is 2.67. The molecule has 0 radical (unpaired) electrons. The van der Waals surface area contributed by atoms with E-state index in [0.29, 0.717) is 15.9 Å². The summed E-state index contributed by atoms with van der Waals surface area (Å²) in [7, 11) is 0. The molecule has 0 aromatic rings. The van der Waals surface area contributed by atoms with E-state index in [1.54, 1.807) is 0 Å². The summed E-state index contributed by atoms with van der Waals surface area (Å²) in [5.74, 6) is 1.64. The molecule has 1 N–H and O–H groups in total. The molecule has 2 fully saturated rings. The van der Waals surface area contributed by atoms with Crippen molar-refractivity contribution < 1.29 is 5.11 Å². The molecule has 0 aromatic heterocycles. The zero-order chi connectivity index (χ0) is 11.4. The Morgan fingerprint density at radius 2 is 1.80 bits per heavy atom. The molecule has 1 nitrogen and oxygen atoms in total. The monoisotopic (exact) mass is 228 g/mol. The van der Waals surface area contributed by atoms with Crippen LogP contribution in [0.15, 0.2) is 0 Å². The van der Waals surface area contributed by atoms with E-state index in [1.165, 1.54) is 6.42 Å². The maximum atomic E-state index is 10.5. The minimum atomic E-state index is -0.441. The first kappa shape index (κ1) is 11.8. The van der Waals surface area contributed by atoms with Crippen molar-refractivity contribution in [3.63, 3.8) is 0 Å². The van der Waals surface area contributed by atoms with E-state index < -0.39 is 5.60 Å². The first-order chi connectivity index (χ1) is 6.75. The van der Waals surface area contributed by atoms with E-state index in [-0.39, 0.29) is 0 Å². The van der Waals surface area contributed by atoms with Gasteiger partial charge in [0.25, 0.3) is 0 Å². The van der Waals surface area contributed by atoms with E-state index in [4.69, 9.17) is 0 Å². The second-order valence-electron chi connectivity index (χ2n) is 6.50. The molecule has 0 heterocycles. The number of thioether (sulfide) groups is 1. The van der Waals surface area contributed by atoms with E-state index in [0.717, 1.165) is 18.3 Å². The van der Waals surface area contributed by atoms with Crippen LogP contribution in [0.25, 0.3) is 0 Å². The maximum Gasteiger partial charge on any atom is 0.0741 e. The summed E-state index contributed by atoms with van der Waals surface area (Å²) in [6, 6.07) is 0. The zero-order valence-electron chi connectivity index (χ0n) is 10.6. The molecule has 0 spiro atoms. The largest absolute Gasteiger partial charge is 0.389 e. The number of aliphatic hydroxyl groups is 1. The molecule has 2 rings (SSSR count). The van der Waals surface area contributed by atoms with Gasteiger partial charge in [0.05, 0.1) is 5.60 Å². The molecule has 2 aliphatic rings. The van der Waals surface area contributed by atoms with Crippen LogP contribution in [-0.4, -0.2) is 21.2 Å². The number of fused-ring (bicyclic) bond motifs is 1. The molecule has 15 heavy (non-hydrogen) atoms. The van der Waals surface area contributed by atoms with Crippen molar-refractivity contribution >= 4 is 11.8 Å². The summed E-state index contributed by atoms with van der Waals surface area (Å²) in [4.78, 5) is 0. The van der Waals surface area contributed by atoms with Crippen LogP contribution in [0.5, 0.6) is 0 Å². The van der Waals surface area contributed by atoms with Crippen molar-refractivity contribution in [1.29, 1.82) is 0 Å². The third-order valence-corrected chi connectivity index (χ3v) is 6.09. The lowest BCUT2D eigenvalue weighted by atomic mass is 9.86. The SMILES string of the molecule is CC(C)S[C@H]1C[C@@H]2[C@H](C[C@]1(C)O)C2(C)C. The Bertz CT molecular complexity index is 257. The van der Waals surface area contributed by atoms with Crippen LogP contribution in [-0.2, 0) is 0 Å². The van der Waals surface area contributed by atoms with Crippen molar-refractivity contribution in [1.82, 2.24) is 0 Å². The molecule has 0 unspecified atom stereocenters. The van der Waals surface area contributed by atoms with Crippen LogP contribution in [0.2, 0.25) is 0 Å². The van der Waals surface area contributed by atoms with Gasteiger partial charge in [-0.15, -0.1) is 0 Å². The summed E-state index contributed by atoms with van der Waals surface area (Å²) in [6.45, 7) is 11.2. The molecule has 4 atom stereocenters. The molecular formula is C13H24OS. The number of hydrogen-bond acceptors (Lipinski definition) is 2. The molecule has 0 saturated heterocycles. The van der Waals surface area contributed by atoms with Crippen molar-refractivity contribution in [2.75, 3.05) is 0 Å². The Morgan fingerprint density at radius 1 is 1.20 bits per heavy atom. The predicted molar refractivity (Wildman–Crippen MR) is 67.1 cm³/mol. The van der Waals surface area contributed by atoms with Crippen molar-refractivity contribution in [2.45, 2.75) is 63.6 Å². The zero-order valence-corrected chi connectivity index (χ0v) is 11.4. The first-order valence-electron chi connectivity index (χ1n) is 6.13. The van der Waals surface area contributed by atoms with Gasteiger partial charge in [-0.1, -0.05) is 27.7 Å². The lowest BCUT2D eigenvalue weighted by Crippen LogP contribution is -2.41. The molecule has 0 aliphatic heterocycles. The Balaban J connectivity index is 2.06. The molecule has 2 saturated carbocycles. The summed E-state index contributed by atoms with van der Waals surface area (Å²) in [5, 5.41) is 11.6.